The van der Waals surface area contributed by atoms with Crippen molar-refractivity contribution < 1.29 is 9.53 Å². The van der Waals surface area contributed by atoms with Gasteiger partial charge in [-0.15, -0.1) is 11.8 Å². The predicted molar refractivity (Wildman–Crippen MR) is 114 cm³/mol. The molecule has 0 fully saturated rings. The largest absolute Gasteiger partial charge is 0.455 e. The maximum atomic E-state index is 12.3. The molecule has 1 amide bonds. The van der Waals surface area contributed by atoms with E-state index in [0.29, 0.717) is 38.7 Å². The molecule has 3 aromatic rings. The van der Waals surface area contributed by atoms with Gasteiger partial charge in [-0.05, 0) is 42.0 Å². The van der Waals surface area contributed by atoms with E-state index in [-0.39, 0.29) is 5.91 Å². The molecule has 27 heavy (non-hydrogen) atoms. The summed E-state index contributed by atoms with van der Waals surface area (Å²) in [4.78, 5) is 12.3. The Morgan fingerprint density at radius 1 is 0.926 bits per heavy atom. The molecule has 0 radical (unpaired) electrons. The van der Waals surface area contributed by atoms with Crippen LogP contribution in [0.15, 0.2) is 72.8 Å². The number of carbonyl (C=O) groups excluding carboxylic acids is 1. The maximum absolute atomic E-state index is 12.3. The maximum Gasteiger partial charge on any atom is 0.234 e. The van der Waals surface area contributed by atoms with Crippen LogP contribution in [0, 0.1) is 0 Å². The Labute approximate surface area is 172 Å². The summed E-state index contributed by atoms with van der Waals surface area (Å²) in [5, 5.41) is 3.95. The summed E-state index contributed by atoms with van der Waals surface area (Å²) in [6.45, 7) is 0. The lowest BCUT2D eigenvalue weighted by molar-refractivity contribution is -0.113. The van der Waals surface area contributed by atoms with E-state index >= 15 is 0 Å². The van der Waals surface area contributed by atoms with E-state index in [4.69, 9.17) is 27.9 Å². The van der Waals surface area contributed by atoms with Crippen molar-refractivity contribution >= 4 is 46.6 Å². The summed E-state index contributed by atoms with van der Waals surface area (Å²) in [5.74, 6) is 2.22. The average Bonchev–Trinajstić information content (AvgIpc) is 2.67. The lowest BCUT2D eigenvalue weighted by Crippen LogP contribution is -2.14. The number of benzene rings is 3. The average molecular weight is 418 g/mol. The minimum Gasteiger partial charge on any atom is -0.455 e. The Balaban J connectivity index is 1.55. The molecule has 0 aliphatic heterocycles. The van der Waals surface area contributed by atoms with E-state index < -0.39 is 0 Å². The molecule has 3 aromatic carbocycles. The molecule has 0 aromatic heterocycles. The van der Waals surface area contributed by atoms with Gasteiger partial charge >= 0.3 is 0 Å². The SMILES string of the molecule is O=C(CSCc1ccc(Cl)c(Cl)c1)Nc1ccccc1Oc1ccccc1. The standard InChI is InChI=1S/C21H17Cl2NO2S/c22-17-11-10-15(12-18(17)23)13-27-14-21(25)24-19-8-4-5-9-20(19)26-16-6-2-1-3-7-16/h1-12H,13-14H2,(H,24,25). The minimum atomic E-state index is -0.0934. The van der Waals surface area contributed by atoms with Crippen LogP contribution in [-0.2, 0) is 10.5 Å². The molecule has 0 aliphatic carbocycles. The summed E-state index contributed by atoms with van der Waals surface area (Å²) < 4.78 is 5.86. The van der Waals surface area contributed by atoms with Crippen LogP contribution in [0.2, 0.25) is 10.0 Å². The molecule has 0 bridgehead atoms. The normalized spacial score (nSPS) is 10.4. The number of anilines is 1. The van der Waals surface area contributed by atoms with E-state index in [9.17, 15) is 4.79 Å². The zero-order valence-electron chi connectivity index (χ0n) is 14.3. The number of amides is 1. The van der Waals surface area contributed by atoms with Crippen LogP contribution in [0.4, 0.5) is 5.69 Å². The molecular formula is C21H17Cl2NO2S. The molecule has 0 unspecified atom stereocenters. The third kappa shape index (κ3) is 5.93. The first-order chi connectivity index (χ1) is 13.1. The molecule has 0 heterocycles. The van der Waals surface area contributed by atoms with E-state index in [1.165, 1.54) is 11.8 Å². The molecule has 0 atom stereocenters. The second kappa shape index (κ2) is 9.70. The number of para-hydroxylation sites is 3. The Kier molecular flexibility index (Phi) is 7.04. The van der Waals surface area contributed by atoms with Crippen molar-refractivity contribution in [2.45, 2.75) is 5.75 Å². The Hall–Kier alpha value is -2.14. The van der Waals surface area contributed by atoms with Gasteiger partial charge in [-0.25, -0.2) is 0 Å². The number of hydrogen-bond acceptors (Lipinski definition) is 3. The van der Waals surface area contributed by atoms with Gasteiger partial charge in [0, 0.05) is 5.75 Å². The summed E-state index contributed by atoms with van der Waals surface area (Å²) in [6.07, 6.45) is 0. The number of carbonyl (C=O) groups is 1. The second-order valence-electron chi connectivity index (χ2n) is 5.70. The first kappa shape index (κ1) is 19.6. The fraction of sp³-hybridized carbons (Fsp3) is 0.0952. The molecule has 0 aliphatic rings. The highest BCUT2D eigenvalue weighted by atomic mass is 35.5. The van der Waals surface area contributed by atoms with Gasteiger partial charge in [0.05, 0.1) is 21.5 Å². The van der Waals surface area contributed by atoms with Crippen molar-refractivity contribution in [3.05, 3.63) is 88.4 Å². The van der Waals surface area contributed by atoms with E-state index in [0.717, 1.165) is 5.56 Å². The first-order valence-electron chi connectivity index (χ1n) is 8.25. The van der Waals surface area contributed by atoms with Crippen LogP contribution < -0.4 is 10.1 Å². The quantitative estimate of drug-likeness (QED) is 0.466. The molecule has 3 rings (SSSR count). The van der Waals surface area contributed by atoms with E-state index in [1.54, 1.807) is 6.07 Å². The zero-order valence-corrected chi connectivity index (χ0v) is 16.7. The Morgan fingerprint density at radius 3 is 2.44 bits per heavy atom. The monoisotopic (exact) mass is 417 g/mol. The van der Waals surface area contributed by atoms with Crippen molar-refractivity contribution in [2.24, 2.45) is 0 Å². The number of nitrogens with one attached hydrogen (secondary N) is 1. The van der Waals surface area contributed by atoms with Crippen LogP contribution in [0.25, 0.3) is 0 Å². The van der Waals surface area contributed by atoms with Gasteiger partial charge in [0.15, 0.2) is 5.75 Å². The Bertz CT molecular complexity index is 919. The molecule has 0 saturated carbocycles. The lowest BCUT2D eigenvalue weighted by atomic mass is 10.2. The van der Waals surface area contributed by atoms with Crippen molar-refractivity contribution in [1.29, 1.82) is 0 Å². The van der Waals surface area contributed by atoms with Crippen molar-refractivity contribution in [1.82, 2.24) is 0 Å². The van der Waals surface area contributed by atoms with E-state index in [2.05, 4.69) is 5.32 Å². The van der Waals surface area contributed by atoms with Crippen molar-refractivity contribution in [2.75, 3.05) is 11.1 Å². The highest BCUT2D eigenvalue weighted by Gasteiger charge is 2.09. The fourth-order valence-corrected chi connectivity index (χ4v) is 3.45. The number of halogens is 2. The summed E-state index contributed by atoms with van der Waals surface area (Å²) in [6, 6.07) is 22.3. The van der Waals surface area contributed by atoms with Crippen LogP contribution in [0.3, 0.4) is 0 Å². The second-order valence-corrected chi connectivity index (χ2v) is 7.50. The van der Waals surface area contributed by atoms with Gasteiger partial charge < -0.3 is 10.1 Å². The molecular weight excluding hydrogens is 401 g/mol. The lowest BCUT2D eigenvalue weighted by Gasteiger charge is -2.12. The van der Waals surface area contributed by atoms with E-state index in [1.807, 2.05) is 66.7 Å². The van der Waals surface area contributed by atoms with Gasteiger partial charge in [0.25, 0.3) is 0 Å². The van der Waals surface area contributed by atoms with Crippen molar-refractivity contribution in [3.8, 4) is 11.5 Å². The highest BCUT2D eigenvalue weighted by molar-refractivity contribution is 7.99. The predicted octanol–water partition coefficient (Wildman–Crippen LogP) is 6.66. The number of ether oxygens (including phenoxy) is 1. The third-order valence-electron chi connectivity index (χ3n) is 3.62. The fourth-order valence-electron chi connectivity index (χ4n) is 2.35. The molecule has 138 valence electrons. The first-order valence-corrected chi connectivity index (χ1v) is 10.2. The molecule has 0 spiro atoms. The van der Waals surface area contributed by atoms with Crippen LogP contribution in [-0.4, -0.2) is 11.7 Å². The molecule has 1 N–H and O–H groups in total. The minimum absolute atomic E-state index is 0.0934. The zero-order chi connectivity index (χ0) is 19.1. The van der Waals surface area contributed by atoms with Crippen LogP contribution in [0.5, 0.6) is 11.5 Å². The number of rotatable bonds is 7. The van der Waals surface area contributed by atoms with Gasteiger partial charge in [0.1, 0.15) is 5.75 Å². The third-order valence-corrected chi connectivity index (χ3v) is 5.36. The van der Waals surface area contributed by atoms with Gasteiger partial charge in [-0.2, -0.15) is 0 Å². The Morgan fingerprint density at radius 2 is 1.67 bits per heavy atom. The number of thioether (sulfide) groups is 1. The van der Waals surface area contributed by atoms with Crippen LogP contribution in [0.1, 0.15) is 5.56 Å². The molecule has 6 heteroatoms. The summed E-state index contributed by atoms with van der Waals surface area (Å²) in [5.41, 5.74) is 1.66. The molecule has 3 nitrogen and oxygen atoms in total. The molecule has 0 saturated heterocycles. The van der Waals surface area contributed by atoms with Crippen molar-refractivity contribution in [3.63, 3.8) is 0 Å². The highest BCUT2D eigenvalue weighted by Crippen LogP contribution is 2.29. The number of hydrogen-bond donors (Lipinski definition) is 1. The summed E-state index contributed by atoms with van der Waals surface area (Å²) in [7, 11) is 0. The van der Waals surface area contributed by atoms with Gasteiger partial charge in [0.2, 0.25) is 5.91 Å². The van der Waals surface area contributed by atoms with Gasteiger partial charge in [-0.3, -0.25) is 4.79 Å². The van der Waals surface area contributed by atoms with Crippen LogP contribution >= 0.6 is 35.0 Å². The smallest absolute Gasteiger partial charge is 0.234 e. The topological polar surface area (TPSA) is 38.3 Å². The summed E-state index contributed by atoms with van der Waals surface area (Å²) >= 11 is 13.4. The van der Waals surface area contributed by atoms with Gasteiger partial charge in [-0.1, -0.05) is 59.6 Å².